The van der Waals surface area contributed by atoms with Crippen molar-refractivity contribution in [2.75, 3.05) is 0 Å². The van der Waals surface area contributed by atoms with Gasteiger partial charge in [0.1, 0.15) is 0 Å². The van der Waals surface area contributed by atoms with Crippen LogP contribution in [0.4, 0.5) is 22.0 Å². The number of Topliss-reactive ketones (excluding diaryl/α,β-unsaturated/α-hetero) is 1. The van der Waals surface area contributed by atoms with E-state index in [1.807, 2.05) is 0 Å². The van der Waals surface area contributed by atoms with Crippen LogP contribution < -0.4 is 0 Å². The van der Waals surface area contributed by atoms with Crippen LogP contribution in [-0.2, 0) is 6.18 Å². The van der Waals surface area contributed by atoms with Crippen LogP contribution in [0, 0.1) is 0 Å². The van der Waals surface area contributed by atoms with E-state index < -0.39 is 40.1 Å². The second kappa shape index (κ2) is 4.60. The van der Waals surface area contributed by atoms with Gasteiger partial charge in [-0.15, -0.1) is 0 Å². The Morgan fingerprint density at radius 1 is 1.29 bits per heavy atom. The van der Waals surface area contributed by atoms with E-state index in [9.17, 15) is 26.7 Å². The molecule has 1 aromatic carbocycles. The van der Waals surface area contributed by atoms with E-state index in [0.717, 1.165) is 13.0 Å². The molecule has 0 atom stereocenters. The number of benzene rings is 1. The standard InChI is InChI=1S/C10H6ClF5O/c1-4(17)6-2-5(11)3-7(10(14,15)16)8(6)9(12)13/h2-3,9H,1H3. The minimum atomic E-state index is -4.99. The largest absolute Gasteiger partial charge is 0.416 e. The number of carbonyl (C=O) groups is 1. The zero-order valence-corrected chi connectivity index (χ0v) is 9.16. The maximum Gasteiger partial charge on any atom is 0.416 e. The van der Waals surface area contributed by atoms with Gasteiger partial charge in [-0.05, 0) is 19.1 Å². The molecule has 1 nitrogen and oxygen atoms in total. The number of hydrogen-bond donors (Lipinski definition) is 0. The first-order valence-corrected chi connectivity index (χ1v) is 4.72. The third kappa shape index (κ3) is 2.94. The van der Waals surface area contributed by atoms with Gasteiger partial charge in [0.25, 0.3) is 6.43 Å². The fraction of sp³-hybridized carbons (Fsp3) is 0.300. The highest BCUT2D eigenvalue weighted by molar-refractivity contribution is 6.31. The Kier molecular flexibility index (Phi) is 3.76. The van der Waals surface area contributed by atoms with Crippen LogP contribution in [0.1, 0.15) is 34.8 Å². The molecule has 7 heteroatoms. The molecule has 0 spiro atoms. The molecule has 1 aromatic rings. The van der Waals surface area contributed by atoms with Crippen molar-refractivity contribution in [3.05, 3.63) is 33.8 Å². The molecule has 0 N–H and O–H groups in total. The average Bonchev–Trinajstić information content (AvgIpc) is 2.14. The minimum Gasteiger partial charge on any atom is -0.294 e. The van der Waals surface area contributed by atoms with Crippen molar-refractivity contribution in [1.29, 1.82) is 0 Å². The molecule has 0 aliphatic carbocycles. The smallest absolute Gasteiger partial charge is 0.294 e. The summed E-state index contributed by atoms with van der Waals surface area (Å²) < 4.78 is 62.8. The number of rotatable bonds is 2. The van der Waals surface area contributed by atoms with E-state index in [0.29, 0.717) is 6.07 Å². The van der Waals surface area contributed by atoms with Crippen molar-refractivity contribution in [2.45, 2.75) is 19.5 Å². The minimum absolute atomic E-state index is 0.384. The van der Waals surface area contributed by atoms with E-state index in [4.69, 9.17) is 11.6 Å². The summed E-state index contributed by atoms with van der Waals surface area (Å²) in [5, 5.41) is -0.410. The summed E-state index contributed by atoms with van der Waals surface area (Å²) in [5.74, 6) is -0.895. The molecule has 0 aliphatic rings. The summed E-state index contributed by atoms with van der Waals surface area (Å²) in [7, 11) is 0. The van der Waals surface area contributed by atoms with Crippen LogP contribution in [0.3, 0.4) is 0 Å². The Bertz CT molecular complexity index is 453. The van der Waals surface area contributed by atoms with Crippen molar-refractivity contribution in [3.8, 4) is 0 Å². The van der Waals surface area contributed by atoms with Gasteiger partial charge in [0.15, 0.2) is 5.78 Å². The van der Waals surface area contributed by atoms with Gasteiger partial charge in [-0.25, -0.2) is 8.78 Å². The maximum absolute atomic E-state index is 12.6. The quantitative estimate of drug-likeness (QED) is 0.572. The van der Waals surface area contributed by atoms with Gasteiger partial charge >= 0.3 is 6.18 Å². The van der Waals surface area contributed by atoms with Crippen molar-refractivity contribution < 1.29 is 26.7 Å². The zero-order valence-electron chi connectivity index (χ0n) is 8.41. The van der Waals surface area contributed by atoms with Crippen molar-refractivity contribution in [3.63, 3.8) is 0 Å². The first-order valence-electron chi connectivity index (χ1n) is 4.34. The molecule has 0 fully saturated rings. The van der Waals surface area contributed by atoms with E-state index in [-0.39, 0.29) is 0 Å². The number of alkyl halides is 5. The lowest BCUT2D eigenvalue weighted by Gasteiger charge is -2.15. The molecule has 0 unspecified atom stereocenters. The third-order valence-corrected chi connectivity index (χ3v) is 2.27. The number of ketones is 1. The molecule has 17 heavy (non-hydrogen) atoms. The number of hydrogen-bond acceptors (Lipinski definition) is 1. The normalized spacial score (nSPS) is 12.0. The van der Waals surface area contributed by atoms with Crippen LogP contribution in [0.15, 0.2) is 12.1 Å². The number of halogens is 6. The molecule has 0 amide bonds. The molecule has 0 radical (unpaired) electrons. The molecule has 0 bridgehead atoms. The van der Waals surface area contributed by atoms with E-state index in [1.54, 1.807) is 0 Å². The van der Waals surface area contributed by atoms with Gasteiger partial charge < -0.3 is 0 Å². The van der Waals surface area contributed by atoms with Gasteiger partial charge in [0, 0.05) is 16.1 Å². The van der Waals surface area contributed by atoms with Crippen molar-refractivity contribution in [1.82, 2.24) is 0 Å². The molecule has 1 rings (SSSR count). The highest BCUT2D eigenvalue weighted by Gasteiger charge is 2.38. The predicted molar refractivity (Wildman–Crippen MR) is 51.4 cm³/mol. The van der Waals surface area contributed by atoms with Crippen LogP contribution in [0.2, 0.25) is 5.02 Å². The zero-order chi connectivity index (χ0) is 13.4. The molecule has 0 saturated carbocycles. The number of carbonyl (C=O) groups excluding carboxylic acids is 1. The monoisotopic (exact) mass is 272 g/mol. The molecule has 0 saturated heterocycles. The van der Waals surface area contributed by atoms with Gasteiger partial charge in [0.2, 0.25) is 0 Å². The Morgan fingerprint density at radius 2 is 1.82 bits per heavy atom. The van der Waals surface area contributed by atoms with E-state index in [2.05, 4.69) is 0 Å². The molecule has 0 aromatic heterocycles. The van der Waals surface area contributed by atoms with Gasteiger partial charge in [-0.1, -0.05) is 11.6 Å². The van der Waals surface area contributed by atoms with Gasteiger partial charge in [0.05, 0.1) is 5.56 Å². The second-order valence-electron chi connectivity index (χ2n) is 3.27. The van der Waals surface area contributed by atoms with Gasteiger partial charge in [-0.3, -0.25) is 4.79 Å². The predicted octanol–water partition coefficient (Wildman–Crippen LogP) is 4.50. The highest BCUT2D eigenvalue weighted by Crippen LogP contribution is 2.39. The van der Waals surface area contributed by atoms with Crippen LogP contribution in [-0.4, -0.2) is 5.78 Å². The van der Waals surface area contributed by atoms with Crippen LogP contribution in [0.5, 0.6) is 0 Å². The fourth-order valence-corrected chi connectivity index (χ4v) is 1.60. The van der Waals surface area contributed by atoms with Crippen LogP contribution in [0.25, 0.3) is 0 Å². The van der Waals surface area contributed by atoms with Gasteiger partial charge in [-0.2, -0.15) is 13.2 Å². The third-order valence-electron chi connectivity index (χ3n) is 2.05. The molecular formula is C10H6ClF5O. The summed E-state index contributed by atoms with van der Waals surface area (Å²) in [6.07, 6.45) is -8.39. The first kappa shape index (κ1) is 13.9. The van der Waals surface area contributed by atoms with E-state index in [1.165, 1.54) is 0 Å². The lowest BCUT2D eigenvalue weighted by Crippen LogP contribution is -2.13. The Hall–Kier alpha value is -1.17. The summed E-state index contributed by atoms with van der Waals surface area (Å²) in [5.41, 5.74) is -3.61. The highest BCUT2D eigenvalue weighted by atomic mass is 35.5. The molecule has 0 aliphatic heterocycles. The summed E-state index contributed by atoms with van der Waals surface area (Å²) in [6.45, 7) is 0.900. The SMILES string of the molecule is CC(=O)c1cc(Cl)cc(C(F)(F)F)c1C(F)F. The maximum atomic E-state index is 12.6. The second-order valence-corrected chi connectivity index (χ2v) is 3.71. The summed E-state index contributed by atoms with van der Waals surface area (Å²) >= 11 is 5.38. The fourth-order valence-electron chi connectivity index (χ4n) is 1.38. The average molecular weight is 273 g/mol. The topological polar surface area (TPSA) is 17.1 Å². The lowest BCUT2D eigenvalue weighted by molar-refractivity contribution is -0.139. The Labute approximate surface area is 98.2 Å². The molecule has 0 heterocycles. The van der Waals surface area contributed by atoms with E-state index >= 15 is 0 Å². The summed E-state index contributed by atoms with van der Waals surface area (Å²) in [6, 6.07) is 1.19. The lowest BCUT2D eigenvalue weighted by atomic mass is 9.98. The Morgan fingerprint density at radius 3 is 2.18 bits per heavy atom. The van der Waals surface area contributed by atoms with Crippen molar-refractivity contribution >= 4 is 17.4 Å². The first-order chi connectivity index (χ1) is 7.64. The summed E-state index contributed by atoms with van der Waals surface area (Å²) in [4.78, 5) is 11.0. The van der Waals surface area contributed by atoms with Crippen molar-refractivity contribution in [2.24, 2.45) is 0 Å². The molecular weight excluding hydrogens is 267 g/mol. The Balaban J connectivity index is 3.64. The van der Waals surface area contributed by atoms with Crippen LogP contribution >= 0.6 is 11.6 Å². The molecule has 94 valence electrons.